The van der Waals surface area contributed by atoms with Crippen LogP contribution in [0.1, 0.15) is 41.6 Å². The standard InChI is InChI=1S/C19H25N3OS/c1-15-14-24-19(20-15)17-10-6-7-11-22(17)18(23)13-21(2)12-16-8-4-3-5-9-16/h3-5,8-9,14,17H,6-7,10-13H2,1-2H3. The highest BCUT2D eigenvalue weighted by molar-refractivity contribution is 7.09. The van der Waals surface area contributed by atoms with Crippen LogP contribution in [0.5, 0.6) is 0 Å². The monoisotopic (exact) mass is 343 g/mol. The van der Waals surface area contributed by atoms with Crippen LogP contribution in [-0.2, 0) is 11.3 Å². The molecular weight excluding hydrogens is 318 g/mol. The highest BCUT2D eigenvalue weighted by Crippen LogP contribution is 2.32. The lowest BCUT2D eigenvalue weighted by molar-refractivity contribution is -0.136. The van der Waals surface area contributed by atoms with Gasteiger partial charge in [-0.3, -0.25) is 9.69 Å². The maximum absolute atomic E-state index is 12.9. The third-order valence-electron chi connectivity index (χ3n) is 4.45. The first-order chi connectivity index (χ1) is 11.6. The predicted molar refractivity (Wildman–Crippen MR) is 97.9 cm³/mol. The van der Waals surface area contributed by atoms with E-state index in [0.29, 0.717) is 6.54 Å². The number of likely N-dealkylation sites (N-methyl/N-ethyl adjacent to an activating group) is 1. The van der Waals surface area contributed by atoms with Crippen LogP contribution in [0.15, 0.2) is 35.7 Å². The van der Waals surface area contributed by atoms with Crippen molar-refractivity contribution in [3.05, 3.63) is 52.0 Å². The molecule has 0 bridgehead atoms. The number of rotatable bonds is 5. The first-order valence-corrected chi connectivity index (χ1v) is 9.45. The lowest BCUT2D eigenvalue weighted by Gasteiger charge is -2.35. The molecule has 1 aliphatic heterocycles. The maximum atomic E-state index is 12.9. The normalized spacial score (nSPS) is 18.1. The fraction of sp³-hybridized carbons (Fsp3) is 0.474. The second kappa shape index (κ2) is 7.90. The fourth-order valence-electron chi connectivity index (χ4n) is 3.28. The van der Waals surface area contributed by atoms with E-state index in [2.05, 4.69) is 27.4 Å². The average Bonchev–Trinajstić information content (AvgIpc) is 3.02. The molecule has 2 aromatic rings. The number of aryl methyl sites for hydroxylation is 1. The van der Waals surface area contributed by atoms with Crippen molar-refractivity contribution in [3.63, 3.8) is 0 Å². The van der Waals surface area contributed by atoms with Gasteiger partial charge in [0.05, 0.1) is 12.6 Å². The molecule has 2 heterocycles. The van der Waals surface area contributed by atoms with Gasteiger partial charge in [0.1, 0.15) is 5.01 Å². The van der Waals surface area contributed by atoms with Gasteiger partial charge in [-0.15, -0.1) is 11.3 Å². The molecule has 1 saturated heterocycles. The Morgan fingerprint density at radius 1 is 1.33 bits per heavy atom. The van der Waals surface area contributed by atoms with E-state index in [4.69, 9.17) is 0 Å². The van der Waals surface area contributed by atoms with Crippen LogP contribution >= 0.6 is 11.3 Å². The zero-order chi connectivity index (χ0) is 16.9. The van der Waals surface area contributed by atoms with Gasteiger partial charge in [-0.2, -0.15) is 0 Å². The molecule has 1 aliphatic rings. The van der Waals surface area contributed by atoms with Crippen molar-refractivity contribution in [2.24, 2.45) is 0 Å². The highest BCUT2D eigenvalue weighted by atomic mass is 32.1. The van der Waals surface area contributed by atoms with Crippen LogP contribution in [0.3, 0.4) is 0 Å². The third kappa shape index (κ3) is 4.22. The van der Waals surface area contributed by atoms with Crippen molar-refractivity contribution in [1.29, 1.82) is 0 Å². The number of hydrogen-bond acceptors (Lipinski definition) is 4. The van der Waals surface area contributed by atoms with E-state index in [1.54, 1.807) is 11.3 Å². The Morgan fingerprint density at radius 2 is 2.12 bits per heavy atom. The molecule has 1 atom stereocenters. The van der Waals surface area contributed by atoms with E-state index < -0.39 is 0 Å². The second-order valence-electron chi connectivity index (χ2n) is 6.58. The summed E-state index contributed by atoms with van der Waals surface area (Å²) in [5, 5.41) is 3.17. The quantitative estimate of drug-likeness (QED) is 0.832. The molecule has 5 heteroatoms. The molecule has 0 radical (unpaired) electrons. The summed E-state index contributed by atoms with van der Waals surface area (Å²) in [7, 11) is 2.01. The molecule has 1 fully saturated rings. The summed E-state index contributed by atoms with van der Waals surface area (Å²) >= 11 is 1.68. The average molecular weight is 343 g/mol. The van der Waals surface area contributed by atoms with Gasteiger partial charge in [0.25, 0.3) is 0 Å². The highest BCUT2D eigenvalue weighted by Gasteiger charge is 2.30. The lowest BCUT2D eigenvalue weighted by atomic mass is 10.0. The Labute approximate surface area is 148 Å². The molecule has 1 aromatic heterocycles. The number of aromatic nitrogens is 1. The molecule has 4 nitrogen and oxygen atoms in total. The van der Waals surface area contributed by atoms with Gasteiger partial charge in [-0.25, -0.2) is 4.98 Å². The summed E-state index contributed by atoms with van der Waals surface area (Å²) in [6.07, 6.45) is 3.29. The van der Waals surface area contributed by atoms with Crippen LogP contribution in [0.25, 0.3) is 0 Å². The van der Waals surface area contributed by atoms with Crippen molar-refractivity contribution < 1.29 is 4.79 Å². The molecule has 24 heavy (non-hydrogen) atoms. The number of carbonyl (C=O) groups excluding carboxylic acids is 1. The SMILES string of the molecule is Cc1csc(C2CCCCN2C(=O)CN(C)Cc2ccccc2)n1. The number of benzene rings is 1. The first kappa shape index (κ1) is 17.1. The van der Waals surface area contributed by atoms with Gasteiger partial charge in [-0.05, 0) is 38.8 Å². The van der Waals surface area contributed by atoms with Crippen molar-refractivity contribution in [2.75, 3.05) is 20.1 Å². The van der Waals surface area contributed by atoms with E-state index in [1.807, 2.05) is 37.1 Å². The number of likely N-dealkylation sites (tertiary alicyclic amines) is 1. The Kier molecular flexibility index (Phi) is 5.63. The molecule has 0 saturated carbocycles. The van der Waals surface area contributed by atoms with Gasteiger partial charge in [0.2, 0.25) is 5.91 Å². The molecule has 0 aliphatic carbocycles. The van der Waals surface area contributed by atoms with Crippen LogP contribution < -0.4 is 0 Å². The van der Waals surface area contributed by atoms with Gasteiger partial charge in [0, 0.05) is 24.2 Å². The van der Waals surface area contributed by atoms with Crippen LogP contribution in [0.2, 0.25) is 0 Å². The summed E-state index contributed by atoms with van der Waals surface area (Å²) in [4.78, 5) is 21.6. The third-order valence-corrected chi connectivity index (χ3v) is 5.51. The zero-order valence-electron chi connectivity index (χ0n) is 14.4. The largest absolute Gasteiger partial charge is 0.332 e. The molecule has 1 aromatic carbocycles. The molecule has 128 valence electrons. The van der Waals surface area contributed by atoms with Gasteiger partial charge in [-0.1, -0.05) is 30.3 Å². The molecule has 1 amide bonds. The Balaban J connectivity index is 1.63. The number of amides is 1. The summed E-state index contributed by atoms with van der Waals surface area (Å²) in [5.74, 6) is 0.214. The summed E-state index contributed by atoms with van der Waals surface area (Å²) in [6, 6.07) is 10.5. The number of carbonyl (C=O) groups is 1. The summed E-state index contributed by atoms with van der Waals surface area (Å²) < 4.78 is 0. The van der Waals surface area contributed by atoms with Gasteiger partial charge in [0.15, 0.2) is 0 Å². The van der Waals surface area contributed by atoms with Crippen LogP contribution in [0, 0.1) is 6.92 Å². The zero-order valence-corrected chi connectivity index (χ0v) is 15.3. The van der Waals surface area contributed by atoms with Gasteiger partial charge < -0.3 is 4.90 Å². The number of thiazole rings is 1. The van der Waals surface area contributed by atoms with Crippen LogP contribution in [-0.4, -0.2) is 40.8 Å². The van der Waals surface area contributed by atoms with E-state index in [1.165, 1.54) is 12.0 Å². The number of hydrogen-bond donors (Lipinski definition) is 0. The van der Waals surface area contributed by atoms with E-state index in [-0.39, 0.29) is 11.9 Å². The van der Waals surface area contributed by atoms with Crippen molar-refractivity contribution in [2.45, 2.75) is 38.8 Å². The fourth-order valence-corrected chi connectivity index (χ4v) is 4.23. The minimum absolute atomic E-state index is 0.162. The summed E-state index contributed by atoms with van der Waals surface area (Å²) in [5.41, 5.74) is 2.28. The molecule has 1 unspecified atom stereocenters. The van der Waals surface area contributed by atoms with Crippen LogP contribution in [0.4, 0.5) is 0 Å². The lowest BCUT2D eigenvalue weighted by Crippen LogP contribution is -2.43. The smallest absolute Gasteiger partial charge is 0.237 e. The minimum Gasteiger partial charge on any atom is -0.332 e. The van der Waals surface area contributed by atoms with E-state index in [9.17, 15) is 4.79 Å². The molecule has 3 rings (SSSR count). The first-order valence-electron chi connectivity index (χ1n) is 8.57. The van der Waals surface area contributed by atoms with E-state index in [0.717, 1.165) is 36.6 Å². The number of piperidine rings is 1. The molecule has 0 N–H and O–H groups in total. The Morgan fingerprint density at radius 3 is 2.83 bits per heavy atom. The topological polar surface area (TPSA) is 36.4 Å². The summed E-state index contributed by atoms with van der Waals surface area (Å²) in [6.45, 7) is 4.11. The van der Waals surface area contributed by atoms with Crippen molar-refractivity contribution >= 4 is 17.2 Å². The predicted octanol–water partition coefficient (Wildman–Crippen LogP) is 3.64. The van der Waals surface area contributed by atoms with Crippen molar-refractivity contribution in [3.8, 4) is 0 Å². The Hall–Kier alpha value is -1.72. The molecule has 0 spiro atoms. The molecular formula is C19H25N3OS. The van der Waals surface area contributed by atoms with Gasteiger partial charge >= 0.3 is 0 Å². The number of nitrogens with zero attached hydrogens (tertiary/aromatic N) is 3. The Bertz CT molecular complexity index is 670. The van der Waals surface area contributed by atoms with E-state index >= 15 is 0 Å². The second-order valence-corrected chi connectivity index (χ2v) is 7.47. The van der Waals surface area contributed by atoms with Crippen molar-refractivity contribution in [1.82, 2.24) is 14.8 Å². The minimum atomic E-state index is 0.162. The maximum Gasteiger partial charge on any atom is 0.237 e.